The molecule has 3 N–H and O–H groups in total. The van der Waals surface area contributed by atoms with E-state index in [4.69, 9.17) is 16.0 Å². The molecule has 1 aliphatic rings. The van der Waals surface area contributed by atoms with Crippen LogP contribution in [0.4, 0.5) is 15.8 Å². The van der Waals surface area contributed by atoms with E-state index in [1.165, 1.54) is 30.5 Å². The van der Waals surface area contributed by atoms with Gasteiger partial charge in [-0.3, -0.25) is 9.59 Å². The summed E-state index contributed by atoms with van der Waals surface area (Å²) < 4.78 is 18.9. The van der Waals surface area contributed by atoms with Gasteiger partial charge in [0.1, 0.15) is 11.6 Å². The van der Waals surface area contributed by atoms with E-state index in [-0.39, 0.29) is 22.8 Å². The van der Waals surface area contributed by atoms with Gasteiger partial charge in [0.05, 0.1) is 40.2 Å². The zero-order valence-electron chi connectivity index (χ0n) is 19.9. The van der Waals surface area contributed by atoms with E-state index in [0.29, 0.717) is 32.9 Å². The van der Waals surface area contributed by atoms with Crippen LogP contribution in [-0.4, -0.2) is 17.6 Å². The highest BCUT2D eigenvalue weighted by molar-refractivity contribution is 8.03. The van der Waals surface area contributed by atoms with E-state index in [1.807, 2.05) is 6.92 Å². The number of rotatable bonds is 7. The Hall–Kier alpha value is -4.00. The van der Waals surface area contributed by atoms with E-state index in [1.54, 1.807) is 37.3 Å². The van der Waals surface area contributed by atoms with Gasteiger partial charge in [-0.1, -0.05) is 29.4 Å². The van der Waals surface area contributed by atoms with Crippen molar-refractivity contribution in [1.82, 2.24) is 5.32 Å². The molecule has 188 valence electrons. The first-order chi connectivity index (χ1) is 17.8. The molecule has 0 aliphatic carbocycles. The Morgan fingerprint density at radius 2 is 1.89 bits per heavy atom. The highest BCUT2D eigenvalue weighted by Crippen LogP contribution is 2.41. The van der Waals surface area contributed by atoms with Crippen LogP contribution in [0.5, 0.6) is 0 Å². The maximum atomic E-state index is 13.3. The maximum absolute atomic E-state index is 13.3. The van der Waals surface area contributed by atoms with Gasteiger partial charge in [0.2, 0.25) is 5.91 Å². The molecule has 37 heavy (non-hydrogen) atoms. The van der Waals surface area contributed by atoms with Crippen LogP contribution < -0.4 is 16.0 Å². The SMILES string of the molecule is CC1=C(C(=O)Nc2ccc(F)cc2)[C@H](c2ccco2)C(C#N)=C(SCC(=O)Nc2cccc(Cl)c2C)N1. The Bertz CT molecular complexity index is 1440. The molecule has 2 aromatic carbocycles. The number of allylic oxidation sites excluding steroid dienone is 2. The van der Waals surface area contributed by atoms with Crippen molar-refractivity contribution in [3.63, 3.8) is 0 Å². The first kappa shape index (κ1) is 26.1. The number of amides is 2. The van der Waals surface area contributed by atoms with Gasteiger partial charge in [0.25, 0.3) is 5.91 Å². The Balaban J connectivity index is 1.58. The zero-order valence-corrected chi connectivity index (χ0v) is 21.5. The molecular weight excluding hydrogens is 515 g/mol. The van der Waals surface area contributed by atoms with Crippen LogP contribution >= 0.6 is 23.4 Å². The van der Waals surface area contributed by atoms with Crippen LogP contribution in [0, 0.1) is 24.1 Å². The van der Waals surface area contributed by atoms with Gasteiger partial charge < -0.3 is 20.4 Å². The quantitative estimate of drug-likeness (QED) is 0.337. The van der Waals surface area contributed by atoms with E-state index < -0.39 is 17.6 Å². The number of nitriles is 1. The van der Waals surface area contributed by atoms with Crippen molar-refractivity contribution in [2.45, 2.75) is 19.8 Å². The van der Waals surface area contributed by atoms with E-state index in [0.717, 1.165) is 17.3 Å². The molecular formula is C27H22ClFN4O3S. The van der Waals surface area contributed by atoms with Crippen molar-refractivity contribution in [2.75, 3.05) is 16.4 Å². The summed E-state index contributed by atoms with van der Waals surface area (Å²) in [6.07, 6.45) is 1.46. The second kappa shape index (κ2) is 11.4. The van der Waals surface area contributed by atoms with E-state index in [9.17, 15) is 19.2 Å². The first-order valence-corrected chi connectivity index (χ1v) is 12.5. The normalized spacial score (nSPS) is 15.2. The fourth-order valence-corrected chi connectivity index (χ4v) is 4.93. The lowest BCUT2D eigenvalue weighted by Gasteiger charge is -2.28. The number of hydrogen-bond acceptors (Lipinski definition) is 6. The van der Waals surface area contributed by atoms with Crippen molar-refractivity contribution in [3.05, 3.63) is 105 Å². The monoisotopic (exact) mass is 536 g/mol. The van der Waals surface area contributed by atoms with Crippen molar-refractivity contribution in [1.29, 1.82) is 5.26 Å². The smallest absolute Gasteiger partial charge is 0.254 e. The van der Waals surface area contributed by atoms with Crippen LogP contribution in [-0.2, 0) is 9.59 Å². The van der Waals surface area contributed by atoms with Gasteiger partial charge in [-0.25, -0.2) is 4.39 Å². The molecule has 4 rings (SSSR count). The first-order valence-electron chi connectivity index (χ1n) is 11.2. The molecule has 3 aromatic rings. The Morgan fingerprint density at radius 3 is 2.57 bits per heavy atom. The number of dihydropyridines is 1. The minimum absolute atomic E-state index is 0.00866. The Morgan fingerprint density at radius 1 is 1.14 bits per heavy atom. The fraction of sp³-hybridized carbons (Fsp3) is 0.148. The summed E-state index contributed by atoms with van der Waals surface area (Å²) in [6, 6.07) is 16.2. The van der Waals surface area contributed by atoms with Crippen molar-refractivity contribution >= 4 is 46.6 Å². The van der Waals surface area contributed by atoms with E-state index in [2.05, 4.69) is 22.0 Å². The number of hydrogen-bond donors (Lipinski definition) is 3. The molecule has 0 unspecified atom stereocenters. The summed E-state index contributed by atoms with van der Waals surface area (Å²) >= 11 is 7.28. The number of furan rings is 1. The molecule has 0 fully saturated rings. The van der Waals surface area contributed by atoms with Gasteiger partial charge in [-0.15, -0.1) is 0 Å². The van der Waals surface area contributed by atoms with Crippen molar-refractivity contribution < 1.29 is 18.4 Å². The number of carbonyl (C=O) groups excluding carboxylic acids is 2. The van der Waals surface area contributed by atoms with Crippen LogP contribution in [0.2, 0.25) is 5.02 Å². The second-order valence-electron chi connectivity index (χ2n) is 8.18. The molecule has 2 heterocycles. The van der Waals surface area contributed by atoms with Crippen molar-refractivity contribution in [2.24, 2.45) is 0 Å². The number of benzene rings is 2. The van der Waals surface area contributed by atoms with Crippen LogP contribution in [0.1, 0.15) is 24.2 Å². The standard InChI is InChI=1S/C27H22ClFN4O3S/c1-15-20(28)5-3-6-21(15)33-23(34)14-37-27-19(13-30)25(22-7-4-12-36-22)24(16(2)31-27)26(35)32-18-10-8-17(29)9-11-18/h3-12,25,31H,14H2,1-2H3,(H,32,35)(H,33,34)/t25-/m0/s1. The van der Waals surface area contributed by atoms with Gasteiger partial charge in [0.15, 0.2) is 0 Å². The molecule has 0 bridgehead atoms. The predicted molar refractivity (Wildman–Crippen MR) is 142 cm³/mol. The lowest BCUT2D eigenvalue weighted by Crippen LogP contribution is -2.31. The molecule has 7 nitrogen and oxygen atoms in total. The Labute approximate surface area is 222 Å². The summed E-state index contributed by atoms with van der Waals surface area (Å²) in [4.78, 5) is 26.0. The highest BCUT2D eigenvalue weighted by Gasteiger charge is 2.36. The zero-order chi connectivity index (χ0) is 26.5. The van der Waals surface area contributed by atoms with Crippen LogP contribution in [0.3, 0.4) is 0 Å². The minimum atomic E-state index is -0.803. The second-order valence-corrected chi connectivity index (χ2v) is 9.57. The number of nitrogens with one attached hydrogen (secondary N) is 3. The van der Waals surface area contributed by atoms with Gasteiger partial charge in [-0.05, 0) is 67.9 Å². The number of carbonyl (C=O) groups is 2. The van der Waals surface area contributed by atoms with E-state index >= 15 is 0 Å². The fourth-order valence-electron chi connectivity index (χ4n) is 3.87. The predicted octanol–water partition coefficient (Wildman–Crippen LogP) is 6.09. The summed E-state index contributed by atoms with van der Waals surface area (Å²) in [5.74, 6) is -1.57. The lowest BCUT2D eigenvalue weighted by atomic mass is 9.85. The lowest BCUT2D eigenvalue weighted by molar-refractivity contribution is -0.114. The molecule has 2 amide bonds. The summed E-state index contributed by atoms with van der Waals surface area (Å²) in [6.45, 7) is 3.52. The third-order valence-corrected chi connectivity index (χ3v) is 7.14. The number of anilines is 2. The summed E-state index contributed by atoms with van der Waals surface area (Å²) in [5.41, 5.74) is 2.77. The molecule has 0 saturated heterocycles. The average molecular weight is 537 g/mol. The largest absolute Gasteiger partial charge is 0.468 e. The third kappa shape index (κ3) is 5.88. The number of halogens is 2. The molecule has 1 aliphatic heterocycles. The molecule has 0 saturated carbocycles. The summed E-state index contributed by atoms with van der Waals surface area (Å²) in [7, 11) is 0. The summed E-state index contributed by atoms with van der Waals surface area (Å²) in [5, 5.41) is 19.8. The molecule has 0 radical (unpaired) electrons. The van der Waals surface area contributed by atoms with Crippen LogP contribution in [0.15, 0.2) is 87.1 Å². The topological polar surface area (TPSA) is 107 Å². The molecule has 1 aromatic heterocycles. The third-order valence-electron chi connectivity index (χ3n) is 5.71. The maximum Gasteiger partial charge on any atom is 0.254 e. The van der Waals surface area contributed by atoms with Gasteiger partial charge in [-0.2, -0.15) is 5.26 Å². The minimum Gasteiger partial charge on any atom is -0.468 e. The molecule has 1 atom stereocenters. The average Bonchev–Trinajstić information content (AvgIpc) is 3.41. The molecule has 10 heteroatoms. The highest BCUT2D eigenvalue weighted by atomic mass is 35.5. The molecule has 0 spiro atoms. The van der Waals surface area contributed by atoms with Gasteiger partial charge >= 0.3 is 0 Å². The van der Waals surface area contributed by atoms with Crippen molar-refractivity contribution in [3.8, 4) is 6.07 Å². The van der Waals surface area contributed by atoms with Crippen LogP contribution in [0.25, 0.3) is 0 Å². The number of thioether (sulfide) groups is 1. The number of nitrogens with zero attached hydrogens (tertiary/aromatic N) is 1. The Kier molecular flexibility index (Phi) is 8.01. The van der Waals surface area contributed by atoms with Gasteiger partial charge in [0, 0.05) is 22.1 Å².